The van der Waals surface area contributed by atoms with Gasteiger partial charge in [0.1, 0.15) is 0 Å². The molecule has 0 aliphatic heterocycles. The van der Waals surface area contributed by atoms with Crippen LogP contribution in [0, 0.1) is 6.92 Å². The Morgan fingerprint density at radius 3 is 2.90 bits per heavy atom. The Bertz CT molecular complexity index is 627. The van der Waals surface area contributed by atoms with Gasteiger partial charge in [-0.3, -0.25) is 4.79 Å². The van der Waals surface area contributed by atoms with Crippen molar-refractivity contribution in [2.75, 3.05) is 0 Å². The van der Waals surface area contributed by atoms with Crippen molar-refractivity contribution in [1.82, 2.24) is 20.2 Å². The molecule has 1 atom stereocenters. The summed E-state index contributed by atoms with van der Waals surface area (Å²) in [6, 6.07) is 5.52. The number of aliphatic carboxylic acids is 1. The van der Waals surface area contributed by atoms with Gasteiger partial charge in [0.25, 0.3) is 0 Å². The number of nitrogens with zero attached hydrogens (tertiary/aromatic N) is 4. The normalized spacial score (nSPS) is 12.3. The van der Waals surface area contributed by atoms with E-state index in [-0.39, 0.29) is 12.5 Å². The van der Waals surface area contributed by atoms with E-state index in [1.165, 1.54) is 0 Å². The summed E-state index contributed by atoms with van der Waals surface area (Å²) in [7, 11) is 0. The molecular weight excluding hydrogens is 324 g/mol. The molecule has 0 aliphatic rings. The minimum atomic E-state index is -0.857. The predicted octanol–water partition coefficient (Wildman–Crippen LogP) is 2.84. The summed E-state index contributed by atoms with van der Waals surface area (Å²) in [4.78, 5) is 10.9. The number of carboxylic acid groups (broad SMARTS) is 1. The SMILES string of the molecule is CCC(CC(=O)O)n1nnnc1-c1cccc(Br)c1C. The zero-order valence-corrected chi connectivity index (χ0v) is 12.8. The average Bonchev–Trinajstić information content (AvgIpc) is 2.88. The van der Waals surface area contributed by atoms with Crippen LogP contribution in [0.25, 0.3) is 11.4 Å². The van der Waals surface area contributed by atoms with Crippen LogP contribution in [0.15, 0.2) is 22.7 Å². The largest absolute Gasteiger partial charge is 0.481 e. The van der Waals surface area contributed by atoms with E-state index in [4.69, 9.17) is 5.11 Å². The number of carboxylic acids is 1. The quantitative estimate of drug-likeness (QED) is 0.906. The van der Waals surface area contributed by atoms with E-state index in [0.29, 0.717) is 12.2 Å². The van der Waals surface area contributed by atoms with Gasteiger partial charge in [-0.1, -0.05) is 35.0 Å². The molecule has 7 heteroatoms. The third kappa shape index (κ3) is 2.87. The highest BCUT2D eigenvalue weighted by Crippen LogP contribution is 2.29. The average molecular weight is 339 g/mol. The molecule has 0 saturated carbocycles. The van der Waals surface area contributed by atoms with E-state index in [9.17, 15) is 4.79 Å². The fourth-order valence-corrected chi connectivity index (χ4v) is 2.44. The van der Waals surface area contributed by atoms with Crippen molar-refractivity contribution in [1.29, 1.82) is 0 Å². The lowest BCUT2D eigenvalue weighted by molar-refractivity contribution is -0.138. The van der Waals surface area contributed by atoms with Crippen LogP contribution in [0.2, 0.25) is 0 Å². The molecule has 106 valence electrons. The van der Waals surface area contributed by atoms with Gasteiger partial charge in [0.2, 0.25) is 0 Å². The molecule has 2 rings (SSSR count). The van der Waals surface area contributed by atoms with Gasteiger partial charge < -0.3 is 5.11 Å². The van der Waals surface area contributed by atoms with E-state index >= 15 is 0 Å². The zero-order chi connectivity index (χ0) is 14.7. The molecule has 0 radical (unpaired) electrons. The molecule has 1 aromatic heterocycles. The summed E-state index contributed by atoms with van der Waals surface area (Å²) in [5, 5.41) is 20.7. The second kappa shape index (κ2) is 6.13. The monoisotopic (exact) mass is 338 g/mol. The van der Waals surface area contributed by atoms with Crippen LogP contribution < -0.4 is 0 Å². The minimum absolute atomic E-state index is 0.00158. The van der Waals surface area contributed by atoms with E-state index in [0.717, 1.165) is 15.6 Å². The third-order valence-corrected chi connectivity index (χ3v) is 4.09. The topological polar surface area (TPSA) is 80.9 Å². The van der Waals surface area contributed by atoms with Crippen molar-refractivity contribution in [3.63, 3.8) is 0 Å². The Morgan fingerprint density at radius 2 is 2.25 bits per heavy atom. The van der Waals surface area contributed by atoms with Crippen LogP contribution >= 0.6 is 15.9 Å². The van der Waals surface area contributed by atoms with Gasteiger partial charge in [0, 0.05) is 10.0 Å². The molecule has 0 saturated heterocycles. The number of hydrogen-bond acceptors (Lipinski definition) is 4. The van der Waals surface area contributed by atoms with Crippen molar-refractivity contribution < 1.29 is 9.90 Å². The second-order valence-electron chi connectivity index (χ2n) is 4.52. The van der Waals surface area contributed by atoms with Crippen LogP contribution in [0.1, 0.15) is 31.4 Å². The van der Waals surface area contributed by atoms with E-state index < -0.39 is 5.97 Å². The lowest BCUT2D eigenvalue weighted by atomic mass is 10.1. The summed E-state index contributed by atoms with van der Waals surface area (Å²) in [6.07, 6.45) is 0.652. The number of rotatable bonds is 5. The molecule has 20 heavy (non-hydrogen) atoms. The first kappa shape index (κ1) is 14.6. The first-order valence-electron chi connectivity index (χ1n) is 6.29. The van der Waals surface area contributed by atoms with Crippen LogP contribution in [-0.2, 0) is 4.79 Å². The molecule has 6 nitrogen and oxygen atoms in total. The highest BCUT2D eigenvalue weighted by atomic mass is 79.9. The number of carbonyl (C=O) groups is 1. The predicted molar refractivity (Wildman–Crippen MR) is 77.3 cm³/mol. The summed E-state index contributed by atoms with van der Waals surface area (Å²) in [5.41, 5.74) is 1.92. The lowest BCUT2D eigenvalue weighted by Crippen LogP contribution is -2.16. The van der Waals surface area contributed by atoms with E-state index in [1.54, 1.807) is 4.68 Å². The van der Waals surface area contributed by atoms with Gasteiger partial charge in [-0.2, -0.15) is 0 Å². The van der Waals surface area contributed by atoms with Crippen LogP contribution in [0.4, 0.5) is 0 Å². The number of benzene rings is 1. The van der Waals surface area contributed by atoms with Crippen molar-refractivity contribution in [3.8, 4) is 11.4 Å². The number of tetrazole rings is 1. The van der Waals surface area contributed by atoms with Crippen LogP contribution in [-0.4, -0.2) is 31.3 Å². The van der Waals surface area contributed by atoms with E-state index in [2.05, 4.69) is 31.5 Å². The first-order valence-corrected chi connectivity index (χ1v) is 7.09. The Kier molecular flexibility index (Phi) is 4.49. The Hall–Kier alpha value is -1.76. The Morgan fingerprint density at radius 1 is 1.50 bits per heavy atom. The fourth-order valence-electron chi connectivity index (χ4n) is 2.07. The van der Waals surface area contributed by atoms with Crippen molar-refractivity contribution in [2.24, 2.45) is 0 Å². The molecule has 0 amide bonds. The highest BCUT2D eigenvalue weighted by molar-refractivity contribution is 9.10. The lowest BCUT2D eigenvalue weighted by Gasteiger charge is -2.15. The van der Waals surface area contributed by atoms with Gasteiger partial charge in [0.15, 0.2) is 5.82 Å². The van der Waals surface area contributed by atoms with Crippen molar-refractivity contribution in [2.45, 2.75) is 32.7 Å². The molecule has 0 bridgehead atoms. The highest BCUT2D eigenvalue weighted by Gasteiger charge is 2.21. The summed E-state index contributed by atoms with van der Waals surface area (Å²) in [5.74, 6) is -0.263. The Labute approximate surface area is 124 Å². The maximum atomic E-state index is 10.9. The van der Waals surface area contributed by atoms with Gasteiger partial charge in [-0.05, 0) is 35.4 Å². The summed E-state index contributed by atoms with van der Waals surface area (Å²) < 4.78 is 2.57. The third-order valence-electron chi connectivity index (χ3n) is 3.23. The molecule has 1 unspecified atom stereocenters. The number of aromatic nitrogens is 4. The fraction of sp³-hybridized carbons (Fsp3) is 0.385. The molecule has 0 aliphatic carbocycles. The number of halogens is 1. The molecule has 1 aromatic carbocycles. The molecule has 1 N–H and O–H groups in total. The molecule has 2 aromatic rings. The zero-order valence-electron chi connectivity index (χ0n) is 11.2. The van der Waals surface area contributed by atoms with Gasteiger partial charge in [-0.15, -0.1) is 5.10 Å². The second-order valence-corrected chi connectivity index (χ2v) is 5.37. The molecular formula is C13H15BrN4O2. The van der Waals surface area contributed by atoms with Gasteiger partial charge >= 0.3 is 5.97 Å². The molecule has 0 spiro atoms. The van der Waals surface area contributed by atoms with Crippen molar-refractivity contribution >= 4 is 21.9 Å². The standard InChI is InChI=1S/C13H15BrN4O2/c1-3-9(7-12(19)20)18-13(15-16-17-18)10-5-4-6-11(14)8(10)2/h4-6,9H,3,7H2,1-2H3,(H,19,20). The molecule has 1 heterocycles. The van der Waals surface area contributed by atoms with Crippen LogP contribution in [0.5, 0.6) is 0 Å². The first-order chi connectivity index (χ1) is 9.54. The summed E-state index contributed by atoms with van der Waals surface area (Å²) in [6.45, 7) is 3.89. The summed E-state index contributed by atoms with van der Waals surface area (Å²) >= 11 is 3.48. The van der Waals surface area contributed by atoms with Crippen LogP contribution in [0.3, 0.4) is 0 Å². The van der Waals surface area contributed by atoms with Crippen molar-refractivity contribution in [3.05, 3.63) is 28.2 Å². The van der Waals surface area contributed by atoms with E-state index in [1.807, 2.05) is 32.0 Å². The molecule has 0 fully saturated rings. The van der Waals surface area contributed by atoms with Gasteiger partial charge in [0.05, 0.1) is 12.5 Å². The minimum Gasteiger partial charge on any atom is -0.481 e. The number of hydrogen-bond donors (Lipinski definition) is 1. The maximum Gasteiger partial charge on any atom is 0.305 e. The Balaban J connectivity index is 2.47. The maximum absolute atomic E-state index is 10.9. The smallest absolute Gasteiger partial charge is 0.305 e. The van der Waals surface area contributed by atoms with Gasteiger partial charge in [-0.25, -0.2) is 4.68 Å².